The normalized spacial score (nSPS) is 23.5. The number of rotatable bonds is 4. The van der Waals surface area contributed by atoms with Gasteiger partial charge in [-0.2, -0.15) is 0 Å². The summed E-state index contributed by atoms with van der Waals surface area (Å²) in [7, 11) is 0. The van der Waals surface area contributed by atoms with Crippen molar-refractivity contribution in [3.05, 3.63) is 32.1 Å². The molecule has 0 unspecified atom stereocenters. The Hall–Kier alpha value is -1.07. The van der Waals surface area contributed by atoms with Crippen LogP contribution in [-0.2, 0) is 6.54 Å². The minimum Gasteiger partial charge on any atom is -0.312 e. The van der Waals surface area contributed by atoms with Crippen LogP contribution in [-0.4, -0.2) is 22.1 Å². The predicted octanol–water partition coefficient (Wildman–Crippen LogP) is 1.36. The Balaban J connectivity index is 1.84. The first-order valence-corrected chi connectivity index (χ1v) is 7.16. The second-order valence-corrected chi connectivity index (χ2v) is 5.75. The van der Waals surface area contributed by atoms with Gasteiger partial charge in [0.25, 0.3) is 5.56 Å². The molecule has 0 aromatic carbocycles. The number of aromatic nitrogens is 2. The summed E-state index contributed by atoms with van der Waals surface area (Å²) in [6.45, 7) is 3.51. The molecule has 0 atom stereocenters. The van der Waals surface area contributed by atoms with E-state index < -0.39 is 11.2 Å². The molecule has 6 heteroatoms. The molecule has 0 saturated heterocycles. The van der Waals surface area contributed by atoms with Gasteiger partial charge >= 0.3 is 5.69 Å². The average Bonchev–Trinajstić information content (AvgIpc) is 2.38. The molecule has 1 aliphatic rings. The lowest BCUT2D eigenvalue weighted by molar-refractivity contribution is 0.304. The lowest BCUT2D eigenvalue weighted by Gasteiger charge is -2.27. The minimum atomic E-state index is -0.530. The van der Waals surface area contributed by atoms with Crippen LogP contribution in [0.25, 0.3) is 0 Å². The molecule has 0 bridgehead atoms. The summed E-state index contributed by atoms with van der Waals surface area (Å²) in [5.74, 6) is 0.832. The predicted molar refractivity (Wildman–Crippen MR) is 75.8 cm³/mol. The van der Waals surface area contributed by atoms with Crippen molar-refractivity contribution in [1.29, 1.82) is 0 Å². The van der Waals surface area contributed by atoms with E-state index in [1.165, 1.54) is 36.4 Å². The number of hydrogen-bond acceptors (Lipinski definition) is 3. The van der Waals surface area contributed by atoms with Gasteiger partial charge in [-0.1, -0.05) is 18.5 Å². The highest BCUT2D eigenvalue weighted by Crippen LogP contribution is 2.23. The number of nitrogens with zero attached hydrogens (tertiary/aromatic N) is 1. The smallest absolute Gasteiger partial charge is 0.312 e. The van der Waals surface area contributed by atoms with Crippen LogP contribution in [0.15, 0.2) is 15.8 Å². The van der Waals surface area contributed by atoms with Crippen molar-refractivity contribution in [2.24, 2.45) is 5.92 Å². The summed E-state index contributed by atoms with van der Waals surface area (Å²) < 4.78 is 1.43. The maximum Gasteiger partial charge on any atom is 0.328 e. The van der Waals surface area contributed by atoms with E-state index in [1.807, 2.05) is 0 Å². The molecule has 19 heavy (non-hydrogen) atoms. The van der Waals surface area contributed by atoms with Crippen LogP contribution in [0, 0.1) is 5.92 Å². The highest BCUT2D eigenvalue weighted by molar-refractivity contribution is 6.30. The molecule has 5 nitrogen and oxygen atoms in total. The highest BCUT2D eigenvalue weighted by atomic mass is 35.5. The van der Waals surface area contributed by atoms with E-state index >= 15 is 0 Å². The fourth-order valence-electron chi connectivity index (χ4n) is 2.50. The van der Waals surface area contributed by atoms with E-state index in [2.05, 4.69) is 17.2 Å². The molecule has 1 aliphatic carbocycles. The van der Waals surface area contributed by atoms with Crippen LogP contribution in [0.5, 0.6) is 0 Å². The molecule has 1 saturated carbocycles. The standard InChI is InChI=1S/C13H20ClN3O2/c1-9-2-4-10(5-3-9)15-6-7-17-8-11(14)12(18)16-13(17)19/h8-10,15H,2-7H2,1H3,(H,16,18,19). The molecule has 0 aliphatic heterocycles. The fraction of sp³-hybridized carbons (Fsp3) is 0.692. The van der Waals surface area contributed by atoms with Crippen molar-refractivity contribution < 1.29 is 0 Å². The molecule has 2 N–H and O–H groups in total. The number of aromatic amines is 1. The van der Waals surface area contributed by atoms with E-state index in [1.54, 1.807) is 0 Å². The van der Waals surface area contributed by atoms with Gasteiger partial charge in [-0.25, -0.2) is 4.79 Å². The van der Waals surface area contributed by atoms with Gasteiger partial charge in [0.15, 0.2) is 0 Å². The van der Waals surface area contributed by atoms with E-state index in [-0.39, 0.29) is 5.02 Å². The van der Waals surface area contributed by atoms with Crippen molar-refractivity contribution in [3.8, 4) is 0 Å². The zero-order valence-electron chi connectivity index (χ0n) is 11.1. The third-order valence-corrected chi connectivity index (χ3v) is 4.04. The first-order valence-electron chi connectivity index (χ1n) is 6.79. The Morgan fingerprint density at radius 3 is 2.74 bits per heavy atom. The third-order valence-electron chi connectivity index (χ3n) is 3.77. The van der Waals surface area contributed by atoms with Gasteiger partial charge in [-0.05, 0) is 31.6 Å². The Morgan fingerprint density at radius 1 is 1.37 bits per heavy atom. The average molecular weight is 286 g/mol. The zero-order chi connectivity index (χ0) is 13.8. The molecule has 106 valence electrons. The maximum atomic E-state index is 11.5. The van der Waals surface area contributed by atoms with Crippen molar-refractivity contribution in [1.82, 2.24) is 14.9 Å². The Bertz CT molecular complexity index is 529. The second-order valence-electron chi connectivity index (χ2n) is 5.34. The van der Waals surface area contributed by atoms with Crippen LogP contribution in [0.1, 0.15) is 32.6 Å². The summed E-state index contributed by atoms with van der Waals surface area (Å²) in [5.41, 5.74) is -0.939. The Kier molecular flexibility index (Phi) is 4.82. The van der Waals surface area contributed by atoms with Gasteiger partial charge in [-0.3, -0.25) is 14.3 Å². The number of halogens is 1. The maximum absolute atomic E-state index is 11.5. The first-order chi connectivity index (χ1) is 9.06. The van der Waals surface area contributed by atoms with Crippen molar-refractivity contribution in [2.45, 2.75) is 45.2 Å². The Morgan fingerprint density at radius 2 is 2.05 bits per heavy atom. The van der Waals surface area contributed by atoms with Gasteiger partial charge in [0.05, 0.1) is 0 Å². The monoisotopic (exact) mass is 285 g/mol. The van der Waals surface area contributed by atoms with Gasteiger partial charge < -0.3 is 5.32 Å². The van der Waals surface area contributed by atoms with Crippen LogP contribution >= 0.6 is 11.6 Å². The Labute approximate surface area is 117 Å². The molecular weight excluding hydrogens is 266 g/mol. The van der Waals surface area contributed by atoms with Gasteiger partial charge in [-0.15, -0.1) is 0 Å². The fourth-order valence-corrected chi connectivity index (χ4v) is 2.67. The first kappa shape index (κ1) is 14.3. The largest absolute Gasteiger partial charge is 0.328 e. The van der Waals surface area contributed by atoms with Crippen LogP contribution in [0.4, 0.5) is 0 Å². The lowest BCUT2D eigenvalue weighted by Crippen LogP contribution is -2.37. The molecule has 0 amide bonds. The van der Waals surface area contributed by atoms with E-state index in [0.717, 1.165) is 5.92 Å². The van der Waals surface area contributed by atoms with Crippen LogP contribution < -0.4 is 16.6 Å². The summed E-state index contributed by atoms with van der Waals surface area (Å²) >= 11 is 5.71. The second kappa shape index (κ2) is 6.39. The zero-order valence-corrected chi connectivity index (χ0v) is 11.9. The molecule has 1 heterocycles. The molecule has 2 rings (SSSR count). The molecule has 1 aromatic heterocycles. The minimum absolute atomic E-state index is 0.0473. The summed E-state index contributed by atoms with van der Waals surface area (Å²) in [6.07, 6.45) is 6.32. The van der Waals surface area contributed by atoms with Crippen molar-refractivity contribution in [2.75, 3.05) is 6.54 Å². The van der Waals surface area contributed by atoms with Crippen LogP contribution in [0.3, 0.4) is 0 Å². The van der Waals surface area contributed by atoms with E-state index in [4.69, 9.17) is 11.6 Å². The summed E-state index contributed by atoms with van der Waals surface area (Å²) in [5, 5.41) is 3.50. The molecule has 0 spiro atoms. The van der Waals surface area contributed by atoms with Gasteiger partial charge in [0, 0.05) is 25.3 Å². The molecular formula is C13H20ClN3O2. The van der Waals surface area contributed by atoms with Gasteiger partial charge in [0.1, 0.15) is 5.02 Å². The molecule has 1 fully saturated rings. The molecule has 1 aromatic rings. The topological polar surface area (TPSA) is 66.9 Å². The van der Waals surface area contributed by atoms with E-state index in [0.29, 0.717) is 19.1 Å². The third kappa shape index (κ3) is 3.94. The number of H-pyrrole nitrogens is 1. The van der Waals surface area contributed by atoms with Crippen LogP contribution in [0.2, 0.25) is 5.02 Å². The van der Waals surface area contributed by atoms with E-state index in [9.17, 15) is 9.59 Å². The van der Waals surface area contributed by atoms with Crippen molar-refractivity contribution >= 4 is 11.6 Å². The SMILES string of the molecule is CC1CCC(NCCn2cc(Cl)c(=O)[nH]c2=O)CC1. The summed E-state index contributed by atoms with van der Waals surface area (Å²) in [4.78, 5) is 24.9. The summed E-state index contributed by atoms with van der Waals surface area (Å²) in [6, 6.07) is 0.546. The number of nitrogens with one attached hydrogen (secondary N) is 2. The molecule has 0 radical (unpaired) electrons. The van der Waals surface area contributed by atoms with Crippen molar-refractivity contribution in [3.63, 3.8) is 0 Å². The lowest BCUT2D eigenvalue weighted by atomic mass is 9.87. The highest BCUT2D eigenvalue weighted by Gasteiger charge is 2.17. The quantitative estimate of drug-likeness (QED) is 0.878. The van der Waals surface area contributed by atoms with Gasteiger partial charge in [0.2, 0.25) is 0 Å². The number of hydrogen-bond donors (Lipinski definition) is 2.